The number of nitrogens with one attached hydrogen (secondary N) is 1. The molecule has 3 heterocycles. The van der Waals surface area contributed by atoms with Crippen molar-refractivity contribution in [3.8, 4) is 0 Å². The Hall–Kier alpha value is -1.10. The summed E-state index contributed by atoms with van der Waals surface area (Å²) in [6.07, 6.45) is 3.42. The first kappa shape index (κ1) is 12.9. The molecule has 5 heteroatoms. The quantitative estimate of drug-likeness (QED) is 0.799. The monoisotopic (exact) mass is 266 g/mol. The first-order valence-electron chi connectivity index (χ1n) is 7.27. The number of fused-ring (bicyclic) bond motifs is 2. The van der Waals surface area contributed by atoms with E-state index in [0.717, 1.165) is 19.3 Å². The van der Waals surface area contributed by atoms with E-state index in [1.807, 2.05) is 18.7 Å². The molecule has 0 spiro atoms. The van der Waals surface area contributed by atoms with Crippen LogP contribution in [0.4, 0.5) is 0 Å². The van der Waals surface area contributed by atoms with Gasteiger partial charge in [-0.3, -0.25) is 9.59 Å². The summed E-state index contributed by atoms with van der Waals surface area (Å²) >= 11 is 0. The molecule has 0 aromatic rings. The summed E-state index contributed by atoms with van der Waals surface area (Å²) < 4.78 is 5.86. The molecular formula is C14H22N2O3. The molecule has 5 unspecified atom stereocenters. The molecule has 3 aliphatic heterocycles. The van der Waals surface area contributed by atoms with Gasteiger partial charge in [0.2, 0.25) is 11.8 Å². The lowest BCUT2D eigenvalue weighted by atomic mass is 9.88. The maximum Gasteiger partial charge on any atom is 0.245 e. The summed E-state index contributed by atoms with van der Waals surface area (Å²) in [5, 5.41) is 2.79. The predicted octanol–water partition coefficient (Wildman–Crippen LogP) is 0.678. The highest BCUT2D eigenvalue weighted by Crippen LogP contribution is 2.39. The second kappa shape index (κ2) is 4.47. The van der Waals surface area contributed by atoms with Crippen LogP contribution >= 0.6 is 0 Å². The van der Waals surface area contributed by atoms with Gasteiger partial charge in [0.15, 0.2) is 0 Å². The number of ether oxygens (including phenoxy) is 1. The van der Waals surface area contributed by atoms with Crippen LogP contribution in [0.3, 0.4) is 0 Å². The standard InChI is InChI=1S/C14H22N2O3/c1-7(2)12-13(17)15-8(3)14(18)16(12)10-6-9-4-5-11(10)19-9/h7-12H,4-6H2,1-3H3,(H,15,17). The largest absolute Gasteiger partial charge is 0.373 e. The minimum atomic E-state index is -0.415. The topological polar surface area (TPSA) is 58.6 Å². The van der Waals surface area contributed by atoms with E-state index in [4.69, 9.17) is 4.74 Å². The molecule has 3 saturated heterocycles. The van der Waals surface area contributed by atoms with Crippen molar-refractivity contribution < 1.29 is 14.3 Å². The summed E-state index contributed by atoms with van der Waals surface area (Å²) in [5.74, 6) is 0.139. The van der Waals surface area contributed by atoms with Crippen LogP contribution in [0.25, 0.3) is 0 Å². The summed E-state index contributed by atoms with van der Waals surface area (Å²) in [6.45, 7) is 5.75. The molecule has 2 bridgehead atoms. The van der Waals surface area contributed by atoms with Gasteiger partial charge in [0.1, 0.15) is 12.1 Å². The third kappa shape index (κ3) is 1.95. The van der Waals surface area contributed by atoms with Gasteiger partial charge in [0.05, 0.1) is 18.2 Å². The van der Waals surface area contributed by atoms with Crippen molar-refractivity contribution in [1.29, 1.82) is 0 Å². The second-order valence-corrected chi connectivity index (χ2v) is 6.34. The third-order valence-corrected chi connectivity index (χ3v) is 4.61. The maximum absolute atomic E-state index is 12.5. The smallest absolute Gasteiger partial charge is 0.245 e. The van der Waals surface area contributed by atoms with Gasteiger partial charge < -0.3 is 15.0 Å². The van der Waals surface area contributed by atoms with E-state index in [9.17, 15) is 9.59 Å². The summed E-state index contributed by atoms with van der Waals surface area (Å²) in [4.78, 5) is 26.6. The molecule has 0 saturated carbocycles. The summed E-state index contributed by atoms with van der Waals surface area (Å²) in [7, 11) is 0. The maximum atomic E-state index is 12.5. The zero-order chi connectivity index (χ0) is 13.7. The van der Waals surface area contributed by atoms with Crippen LogP contribution in [0.1, 0.15) is 40.0 Å². The number of carbonyl (C=O) groups excluding carboxylic acids is 2. The zero-order valence-electron chi connectivity index (χ0n) is 11.8. The van der Waals surface area contributed by atoms with E-state index < -0.39 is 6.04 Å². The van der Waals surface area contributed by atoms with Crippen LogP contribution in [0.15, 0.2) is 0 Å². The van der Waals surface area contributed by atoms with Crippen molar-refractivity contribution in [2.45, 2.75) is 70.4 Å². The average molecular weight is 266 g/mol. The first-order chi connectivity index (χ1) is 8.99. The Kier molecular flexibility index (Phi) is 3.04. The van der Waals surface area contributed by atoms with Crippen molar-refractivity contribution in [3.63, 3.8) is 0 Å². The lowest BCUT2D eigenvalue weighted by Gasteiger charge is -2.44. The molecule has 5 atom stereocenters. The van der Waals surface area contributed by atoms with E-state index >= 15 is 0 Å². The Morgan fingerprint density at radius 2 is 2.05 bits per heavy atom. The minimum absolute atomic E-state index is 0.0233. The lowest BCUT2D eigenvalue weighted by Crippen LogP contribution is -2.67. The van der Waals surface area contributed by atoms with Gasteiger partial charge in [-0.25, -0.2) is 0 Å². The van der Waals surface area contributed by atoms with E-state index in [-0.39, 0.29) is 42.0 Å². The molecule has 0 aromatic heterocycles. The summed E-state index contributed by atoms with van der Waals surface area (Å²) in [5.41, 5.74) is 0. The minimum Gasteiger partial charge on any atom is -0.373 e. The van der Waals surface area contributed by atoms with Crippen molar-refractivity contribution in [2.24, 2.45) is 5.92 Å². The van der Waals surface area contributed by atoms with Gasteiger partial charge in [-0.15, -0.1) is 0 Å². The predicted molar refractivity (Wildman–Crippen MR) is 69.4 cm³/mol. The van der Waals surface area contributed by atoms with Gasteiger partial charge in [0.25, 0.3) is 0 Å². The van der Waals surface area contributed by atoms with Crippen LogP contribution in [0.2, 0.25) is 0 Å². The number of carbonyl (C=O) groups is 2. The SMILES string of the molecule is CC1NC(=O)C(C(C)C)N(C2CC3CCC2O3)C1=O. The van der Waals surface area contributed by atoms with Gasteiger partial charge in [0, 0.05) is 0 Å². The third-order valence-electron chi connectivity index (χ3n) is 4.61. The number of hydrogen-bond acceptors (Lipinski definition) is 3. The Bertz CT molecular complexity index is 409. The molecule has 1 N–H and O–H groups in total. The Morgan fingerprint density at radius 1 is 1.32 bits per heavy atom. The summed E-state index contributed by atoms with van der Waals surface area (Å²) in [6, 6.07) is -0.676. The number of nitrogens with zero attached hydrogens (tertiary/aromatic N) is 1. The van der Waals surface area contributed by atoms with Crippen LogP contribution in [0.5, 0.6) is 0 Å². The van der Waals surface area contributed by atoms with Crippen molar-refractivity contribution in [3.05, 3.63) is 0 Å². The highest BCUT2D eigenvalue weighted by atomic mass is 16.5. The van der Waals surface area contributed by atoms with Crippen LogP contribution in [-0.2, 0) is 14.3 Å². The number of amides is 2. The number of hydrogen-bond donors (Lipinski definition) is 1. The average Bonchev–Trinajstić information content (AvgIpc) is 2.94. The number of rotatable bonds is 2. The van der Waals surface area contributed by atoms with E-state index in [2.05, 4.69) is 5.32 Å². The fourth-order valence-electron chi connectivity index (χ4n) is 3.74. The van der Waals surface area contributed by atoms with Gasteiger partial charge >= 0.3 is 0 Å². The van der Waals surface area contributed by atoms with Crippen molar-refractivity contribution in [2.75, 3.05) is 0 Å². The second-order valence-electron chi connectivity index (χ2n) is 6.34. The molecule has 106 valence electrons. The molecule has 3 rings (SSSR count). The molecule has 2 amide bonds. The van der Waals surface area contributed by atoms with Crippen LogP contribution in [-0.4, -0.2) is 47.0 Å². The highest BCUT2D eigenvalue weighted by molar-refractivity contribution is 5.97. The van der Waals surface area contributed by atoms with Gasteiger partial charge in [-0.05, 0) is 32.1 Å². The van der Waals surface area contributed by atoms with Crippen molar-refractivity contribution >= 4 is 11.8 Å². The molecule has 3 fully saturated rings. The Morgan fingerprint density at radius 3 is 2.58 bits per heavy atom. The molecule has 0 radical (unpaired) electrons. The molecule has 0 aliphatic carbocycles. The van der Waals surface area contributed by atoms with Gasteiger partial charge in [-0.1, -0.05) is 13.8 Å². The zero-order valence-corrected chi connectivity index (χ0v) is 11.8. The fraction of sp³-hybridized carbons (Fsp3) is 0.857. The molecule has 3 aliphatic rings. The first-order valence-corrected chi connectivity index (χ1v) is 7.27. The van der Waals surface area contributed by atoms with Crippen molar-refractivity contribution in [1.82, 2.24) is 10.2 Å². The fourth-order valence-corrected chi connectivity index (χ4v) is 3.74. The van der Waals surface area contributed by atoms with E-state index in [1.54, 1.807) is 6.92 Å². The van der Waals surface area contributed by atoms with E-state index in [0.29, 0.717) is 0 Å². The highest BCUT2D eigenvalue weighted by Gasteiger charge is 2.51. The normalized spacial score (nSPS) is 42.1. The Labute approximate surface area is 113 Å². The van der Waals surface area contributed by atoms with Gasteiger partial charge in [-0.2, -0.15) is 0 Å². The Balaban J connectivity index is 1.89. The van der Waals surface area contributed by atoms with E-state index in [1.165, 1.54) is 0 Å². The number of piperazine rings is 1. The van der Waals surface area contributed by atoms with Crippen LogP contribution < -0.4 is 5.32 Å². The van der Waals surface area contributed by atoms with Crippen LogP contribution in [0, 0.1) is 5.92 Å². The molecule has 0 aromatic carbocycles. The molecular weight excluding hydrogens is 244 g/mol. The molecule has 5 nitrogen and oxygen atoms in total. The lowest BCUT2D eigenvalue weighted by molar-refractivity contribution is -0.155. The molecule has 19 heavy (non-hydrogen) atoms.